The molecule has 1 heterocycles. The van der Waals surface area contributed by atoms with Crippen LogP contribution in [0.1, 0.15) is 61.4 Å². The fraction of sp³-hybridized carbons (Fsp3) is 0.414. The second-order valence-corrected chi connectivity index (χ2v) is 9.28. The number of H-pyrrole nitrogens is 1. The first-order chi connectivity index (χ1) is 16.0. The molecular weight excluding hydrogens is 428 g/mol. The third kappa shape index (κ3) is 7.06. The van der Waals surface area contributed by atoms with Crippen LogP contribution in [-0.2, 0) is 11.2 Å². The van der Waals surface area contributed by atoms with Gasteiger partial charge in [0.1, 0.15) is 5.82 Å². The number of ether oxygens (including phenoxy) is 1. The molecule has 0 fully saturated rings. The van der Waals surface area contributed by atoms with Crippen molar-refractivity contribution in [3.05, 3.63) is 82.1 Å². The van der Waals surface area contributed by atoms with Crippen LogP contribution in [0.2, 0.25) is 5.02 Å². The van der Waals surface area contributed by atoms with Crippen molar-refractivity contribution in [3.8, 4) is 11.4 Å². The Hall–Kier alpha value is -2.36. The van der Waals surface area contributed by atoms with Crippen LogP contribution in [0.3, 0.4) is 0 Å². The molecule has 1 N–H and O–H groups in total. The first-order valence-corrected chi connectivity index (χ1v) is 12.5. The van der Waals surface area contributed by atoms with Gasteiger partial charge in [0, 0.05) is 24.3 Å². The highest BCUT2D eigenvalue weighted by molar-refractivity contribution is 6.30. The third-order valence-corrected chi connectivity index (χ3v) is 6.64. The van der Waals surface area contributed by atoms with Crippen molar-refractivity contribution in [2.45, 2.75) is 59.3 Å². The molecule has 4 heteroatoms. The van der Waals surface area contributed by atoms with Crippen molar-refractivity contribution in [2.75, 3.05) is 13.7 Å². The minimum Gasteiger partial charge on any atom is -0.385 e. The van der Waals surface area contributed by atoms with E-state index in [9.17, 15) is 0 Å². The Morgan fingerprint density at radius 1 is 1.09 bits per heavy atom. The molecule has 0 saturated heterocycles. The summed E-state index contributed by atoms with van der Waals surface area (Å²) in [6, 6.07) is 14.4. The molecule has 33 heavy (non-hydrogen) atoms. The molecule has 1 unspecified atom stereocenters. The quantitative estimate of drug-likeness (QED) is 0.274. The van der Waals surface area contributed by atoms with Gasteiger partial charge in [-0.1, -0.05) is 49.2 Å². The van der Waals surface area contributed by atoms with Crippen molar-refractivity contribution in [1.29, 1.82) is 0 Å². The molecule has 1 aromatic heterocycles. The van der Waals surface area contributed by atoms with E-state index in [-0.39, 0.29) is 0 Å². The number of unbranched alkanes of at least 4 members (excludes halogenated alkanes) is 1. The van der Waals surface area contributed by atoms with Gasteiger partial charge in [0.25, 0.3) is 0 Å². The summed E-state index contributed by atoms with van der Waals surface area (Å²) in [6.07, 6.45) is 10.9. The molecule has 176 valence electrons. The van der Waals surface area contributed by atoms with E-state index in [1.54, 1.807) is 7.11 Å². The predicted molar refractivity (Wildman–Crippen MR) is 141 cm³/mol. The van der Waals surface area contributed by atoms with Gasteiger partial charge in [-0.3, -0.25) is 0 Å². The molecule has 0 bridgehead atoms. The van der Waals surface area contributed by atoms with Gasteiger partial charge in [-0.2, -0.15) is 0 Å². The summed E-state index contributed by atoms with van der Waals surface area (Å²) < 4.78 is 5.38. The maximum absolute atomic E-state index is 6.07. The Balaban J connectivity index is 1.88. The molecule has 1 atom stereocenters. The summed E-state index contributed by atoms with van der Waals surface area (Å²) in [5.41, 5.74) is 7.80. The molecule has 3 rings (SSSR count). The second kappa shape index (κ2) is 12.8. The molecule has 0 spiro atoms. The number of benzene rings is 2. The summed E-state index contributed by atoms with van der Waals surface area (Å²) in [5, 5.41) is 0.735. The average Bonchev–Trinajstić information content (AvgIpc) is 3.29. The summed E-state index contributed by atoms with van der Waals surface area (Å²) in [7, 11) is 1.78. The molecule has 0 aliphatic heterocycles. The number of methoxy groups -OCH3 is 1. The summed E-state index contributed by atoms with van der Waals surface area (Å²) in [6.45, 7) is 7.48. The zero-order valence-electron chi connectivity index (χ0n) is 20.5. The normalized spacial score (nSPS) is 12.8. The molecule has 3 aromatic rings. The number of hydrogen-bond acceptors (Lipinski definition) is 2. The summed E-state index contributed by atoms with van der Waals surface area (Å²) in [5.74, 6) is 1.33. The smallest absolute Gasteiger partial charge is 0.137 e. The van der Waals surface area contributed by atoms with Gasteiger partial charge in [-0.05, 0) is 98.4 Å². The minimum atomic E-state index is 0.448. The lowest BCUT2D eigenvalue weighted by molar-refractivity contribution is 0.189. The SMILES string of the molecule is CCC/C=C(\c1cnc(-c2ccc(Cl)cc2)[nH]1)C(CCCOC)CCc1c(C)cccc1C. The molecule has 0 aliphatic rings. The largest absolute Gasteiger partial charge is 0.385 e. The lowest BCUT2D eigenvalue weighted by Crippen LogP contribution is -2.09. The van der Waals surface area contributed by atoms with E-state index < -0.39 is 0 Å². The number of halogens is 1. The second-order valence-electron chi connectivity index (χ2n) is 8.84. The molecule has 0 saturated carbocycles. The van der Waals surface area contributed by atoms with Crippen LogP contribution in [-0.4, -0.2) is 23.7 Å². The van der Waals surface area contributed by atoms with Crippen LogP contribution in [0.15, 0.2) is 54.7 Å². The lowest BCUT2D eigenvalue weighted by Gasteiger charge is -2.21. The maximum Gasteiger partial charge on any atom is 0.137 e. The van der Waals surface area contributed by atoms with E-state index >= 15 is 0 Å². The van der Waals surface area contributed by atoms with Crippen LogP contribution in [0.4, 0.5) is 0 Å². The van der Waals surface area contributed by atoms with Gasteiger partial charge in [-0.25, -0.2) is 4.98 Å². The van der Waals surface area contributed by atoms with E-state index in [0.717, 1.165) is 67.2 Å². The standard InChI is InChI=1S/C29H37ClN2O/c1-5-6-12-27(28-20-31-29(32-28)24-13-16-25(30)17-14-24)23(11-8-19-33-4)15-18-26-21(2)9-7-10-22(26)3/h7,9-10,12-14,16-17,20,23H,5-6,8,11,15,18-19H2,1-4H3,(H,31,32)/b27-12-. The van der Waals surface area contributed by atoms with Gasteiger partial charge in [0.05, 0.1) is 11.9 Å². The molecule has 0 amide bonds. The minimum absolute atomic E-state index is 0.448. The first-order valence-electron chi connectivity index (χ1n) is 12.1. The third-order valence-electron chi connectivity index (χ3n) is 6.39. The molecule has 3 nitrogen and oxygen atoms in total. The van der Waals surface area contributed by atoms with Gasteiger partial charge in [0.15, 0.2) is 0 Å². The number of aromatic amines is 1. The van der Waals surface area contributed by atoms with Gasteiger partial charge >= 0.3 is 0 Å². The predicted octanol–water partition coefficient (Wildman–Crippen LogP) is 8.21. The number of rotatable bonds is 12. The van der Waals surface area contributed by atoms with E-state index in [0.29, 0.717) is 5.92 Å². The monoisotopic (exact) mass is 464 g/mol. The number of nitrogens with one attached hydrogen (secondary N) is 1. The zero-order chi connectivity index (χ0) is 23.6. The Morgan fingerprint density at radius 2 is 1.82 bits per heavy atom. The molecular formula is C29H37ClN2O. The fourth-order valence-electron chi connectivity index (χ4n) is 4.51. The average molecular weight is 465 g/mol. The number of allylic oxidation sites excluding steroid dienone is 2. The van der Waals surface area contributed by atoms with Crippen molar-refractivity contribution >= 4 is 17.2 Å². The van der Waals surface area contributed by atoms with E-state index in [1.807, 2.05) is 30.5 Å². The molecule has 2 aromatic carbocycles. The summed E-state index contributed by atoms with van der Waals surface area (Å²) in [4.78, 5) is 8.30. The van der Waals surface area contributed by atoms with Crippen molar-refractivity contribution in [1.82, 2.24) is 9.97 Å². The number of nitrogens with zero attached hydrogens (tertiary/aromatic N) is 1. The van der Waals surface area contributed by atoms with Crippen LogP contribution in [0.25, 0.3) is 17.0 Å². The van der Waals surface area contributed by atoms with Crippen molar-refractivity contribution in [3.63, 3.8) is 0 Å². The topological polar surface area (TPSA) is 37.9 Å². The van der Waals surface area contributed by atoms with Crippen LogP contribution < -0.4 is 0 Å². The van der Waals surface area contributed by atoms with Gasteiger partial charge in [0.2, 0.25) is 0 Å². The number of aromatic nitrogens is 2. The van der Waals surface area contributed by atoms with Crippen LogP contribution in [0.5, 0.6) is 0 Å². The maximum atomic E-state index is 6.07. The van der Waals surface area contributed by atoms with Crippen molar-refractivity contribution < 1.29 is 4.74 Å². The number of imidazole rings is 1. The zero-order valence-corrected chi connectivity index (χ0v) is 21.2. The Morgan fingerprint density at radius 3 is 2.48 bits per heavy atom. The highest BCUT2D eigenvalue weighted by Gasteiger charge is 2.19. The fourth-order valence-corrected chi connectivity index (χ4v) is 4.64. The van der Waals surface area contributed by atoms with Crippen LogP contribution in [0, 0.1) is 19.8 Å². The number of hydrogen-bond donors (Lipinski definition) is 1. The highest BCUT2D eigenvalue weighted by Crippen LogP contribution is 2.33. The van der Waals surface area contributed by atoms with E-state index in [2.05, 4.69) is 50.0 Å². The highest BCUT2D eigenvalue weighted by atomic mass is 35.5. The summed E-state index contributed by atoms with van der Waals surface area (Å²) >= 11 is 6.07. The lowest BCUT2D eigenvalue weighted by atomic mass is 9.85. The van der Waals surface area contributed by atoms with Crippen LogP contribution >= 0.6 is 11.6 Å². The Kier molecular flexibility index (Phi) is 9.77. The van der Waals surface area contributed by atoms with Crippen molar-refractivity contribution in [2.24, 2.45) is 5.92 Å². The Labute approximate surface area is 204 Å². The number of aryl methyl sites for hydroxylation is 2. The van der Waals surface area contributed by atoms with E-state index in [4.69, 9.17) is 21.3 Å². The molecule has 0 aliphatic carbocycles. The van der Waals surface area contributed by atoms with Gasteiger partial charge < -0.3 is 9.72 Å². The molecule has 0 radical (unpaired) electrons. The Bertz CT molecular complexity index is 1020. The van der Waals surface area contributed by atoms with E-state index in [1.165, 1.54) is 22.3 Å². The first kappa shape index (κ1) is 25.3. The van der Waals surface area contributed by atoms with Gasteiger partial charge in [-0.15, -0.1) is 0 Å².